The van der Waals surface area contributed by atoms with Crippen LogP contribution in [0.2, 0.25) is 0 Å². The van der Waals surface area contributed by atoms with Crippen LogP contribution in [0.15, 0.2) is 95.9 Å². The van der Waals surface area contributed by atoms with E-state index in [1.54, 1.807) is 4.68 Å². The second-order valence-corrected chi connectivity index (χ2v) is 7.47. The van der Waals surface area contributed by atoms with Crippen molar-refractivity contribution in [1.82, 2.24) is 13.9 Å². The van der Waals surface area contributed by atoms with Crippen LogP contribution < -0.4 is 5.56 Å². The maximum absolute atomic E-state index is 13.6. The summed E-state index contributed by atoms with van der Waals surface area (Å²) in [5, 5.41) is 0.729. The molecule has 0 spiro atoms. The molecule has 0 aliphatic rings. The highest BCUT2D eigenvalue weighted by Crippen LogP contribution is 2.32. The fourth-order valence-corrected chi connectivity index (χ4v) is 4.13. The van der Waals surface area contributed by atoms with Crippen molar-refractivity contribution in [2.24, 2.45) is 7.05 Å². The highest BCUT2D eigenvalue weighted by molar-refractivity contribution is 5.95. The zero-order valence-electron chi connectivity index (χ0n) is 17.1. The Bertz CT molecular complexity index is 1370. The van der Waals surface area contributed by atoms with Crippen molar-refractivity contribution in [2.45, 2.75) is 13.3 Å². The van der Waals surface area contributed by atoms with E-state index < -0.39 is 0 Å². The fraction of sp³-hybridized carbons (Fsp3) is 0.115. The first-order chi connectivity index (χ1) is 14.7. The molecule has 2 aromatic heterocycles. The van der Waals surface area contributed by atoms with Crippen LogP contribution >= 0.6 is 0 Å². The Labute approximate surface area is 175 Å². The average molecular weight is 393 g/mol. The molecule has 0 N–H and O–H groups in total. The number of fused-ring (bicyclic) bond motifs is 1. The summed E-state index contributed by atoms with van der Waals surface area (Å²) in [4.78, 5) is 13.6. The molecule has 2 heterocycles. The second kappa shape index (κ2) is 7.23. The molecule has 5 aromatic rings. The van der Waals surface area contributed by atoms with E-state index >= 15 is 0 Å². The van der Waals surface area contributed by atoms with E-state index in [9.17, 15) is 4.79 Å². The van der Waals surface area contributed by atoms with Gasteiger partial charge in [-0.25, -0.2) is 4.68 Å². The average Bonchev–Trinajstić information content (AvgIpc) is 3.31. The lowest BCUT2D eigenvalue weighted by atomic mass is 10.1. The van der Waals surface area contributed by atoms with E-state index in [-0.39, 0.29) is 5.56 Å². The number of rotatable bonds is 4. The first-order valence-electron chi connectivity index (χ1n) is 10.2. The van der Waals surface area contributed by atoms with Gasteiger partial charge in [-0.15, -0.1) is 0 Å². The van der Waals surface area contributed by atoms with Gasteiger partial charge in [-0.05, 0) is 41.8 Å². The topological polar surface area (TPSA) is 31.9 Å². The number of nitrogens with zero attached hydrogens (tertiary/aromatic N) is 3. The zero-order chi connectivity index (χ0) is 20.7. The minimum absolute atomic E-state index is 0.0125. The van der Waals surface area contributed by atoms with Gasteiger partial charge in [-0.3, -0.25) is 9.48 Å². The van der Waals surface area contributed by atoms with Crippen molar-refractivity contribution in [1.29, 1.82) is 0 Å². The van der Waals surface area contributed by atoms with E-state index in [0.29, 0.717) is 0 Å². The van der Waals surface area contributed by atoms with Gasteiger partial charge in [0, 0.05) is 18.9 Å². The largest absolute Gasteiger partial charge is 0.314 e. The summed E-state index contributed by atoms with van der Waals surface area (Å²) in [5.74, 6) is 0. The molecule has 4 nitrogen and oxygen atoms in total. The van der Waals surface area contributed by atoms with Crippen LogP contribution in [0.3, 0.4) is 0 Å². The maximum Gasteiger partial charge on any atom is 0.281 e. The fourth-order valence-electron chi connectivity index (χ4n) is 4.13. The lowest BCUT2D eigenvalue weighted by molar-refractivity contribution is 0.664. The van der Waals surface area contributed by atoms with Crippen LogP contribution in [0.25, 0.3) is 33.5 Å². The molecule has 0 bridgehead atoms. The summed E-state index contributed by atoms with van der Waals surface area (Å²) in [5.41, 5.74) is 6.04. The van der Waals surface area contributed by atoms with Crippen LogP contribution in [-0.2, 0) is 13.5 Å². The Kier molecular flexibility index (Phi) is 4.40. The molecule has 30 heavy (non-hydrogen) atoms. The Morgan fingerprint density at radius 1 is 0.767 bits per heavy atom. The molecule has 0 amide bonds. The van der Waals surface area contributed by atoms with Crippen molar-refractivity contribution in [3.05, 3.63) is 107 Å². The van der Waals surface area contributed by atoms with Crippen LogP contribution in [0.4, 0.5) is 0 Å². The molecular formula is C26H23N3O. The zero-order valence-corrected chi connectivity index (χ0v) is 17.1. The van der Waals surface area contributed by atoms with Crippen LogP contribution in [0, 0.1) is 0 Å². The van der Waals surface area contributed by atoms with E-state index in [1.807, 2.05) is 60.3 Å². The Hall–Kier alpha value is -3.79. The van der Waals surface area contributed by atoms with Gasteiger partial charge in [-0.1, -0.05) is 67.6 Å². The molecule has 0 fully saturated rings. The van der Waals surface area contributed by atoms with Gasteiger partial charge in [0.25, 0.3) is 5.56 Å². The first kappa shape index (κ1) is 18.3. The van der Waals surface area contributed by atoms with E-state index in [2.05, 4.69) is 54.1 Å². The normalized spacial score (nSPS) is 11.3. The van der Waals surface area contributed by atoms with Crippen molar-refractivity contribution in [2.75, 3.05) is 0 Å². The van der Waals surface area contributed by atoms with Crippen molar-refractivity contribution < 1.29 is 0 Å². The van der Waals surface area contributed by atoms with Crippen LogP contribution in [0.1, 0.15) is 12.5 Å². The summed E-state index contributed by atoms with van der Waals surface area (Å²) in [6.07, 6.45) is 3.07. The smallest absolute Gasteiger partial charge is 0.281 e. The van der Waals surface area contributed by atoms with E-state index in [0.717, 1.165) is 40.0 Å². The molecule has 0 aliphatic heterocycles. The number of hydrogen-bond donors (Lipinski definition) is 0. The molecule has 5 rings (SSSR count). The minimum atomic E-state index is -0.0125. The molecule has 0 atom stereocenters. The molecule has 0 unspecified atom stereocenters. The molecule has 0 saturated carbocycles. The molecule has 0 saturated heterocycles. The van der Waals surface area contributed by atoms with Crippen LogP contribution in [-0.4, -0.2) is 13.9 Å². The predicted molar refractivity (Wildman–Crippen MR) is 123 cm³/mol. The van der Waals surface area contributed by atoms with Crippen molar-refractivity contribution in [3.8, 4) is 22.6 Å². The Balaban J connectivity index is 1.84. The molecule has 0 aliphatic carbocycles. The third-order valence-corrected chi connectivity index (χ3v) is 5.71. The first-order valence-corrected chi connectivity index (χ1v) is 10.2. The van der Waals surface area contributed by atoms with Crippen LogP contribution in [0.5, 0.6) is 0 Å². The summed E-state index contributed by atoms with van der Waals surface area (Å²) in [6.45, 7) is 2.15. The summed E-state index contributed by atoms with van der Waals surface area (Å²) in [6, 6.07) is 28.5. The number of benzene rings is 3. The minimum Gasteiger partial charge on any atom is -0.314 e. The summed E-state index contributed by atoms with van der Waals surface area (Å²) in [7, 11) is 1.94. The Morgan fingerprint density at radius 3 is 2.03 bits per heavy atom. The van der Waals surface area contributed by atoms with Gasteiger partial charge >= 0.3 is 0 Å². The van der Waals surface area contributed by atoms with E-state index in [1.165, 1.54) is 5.56 Å². The lowest BCUT2D eigenvalue weighted by Crippen LogP contribution is -2.20. The van der Waals surface area contributed by atoms with E-state index in [4.69, 9.17) is 0 Å². The van der Waals surface area contributed by atoms with Gasteiger partial charge in [0.05, 0.1) is 22.3 Å². The third kappa shape index (κ3) is 2.80. The van der Waals surface area contributed by atoms with Crippen molar-refractivity contribution in [3.63, 3.8) is 0 Å². The molecule has 4 heteroatoms. The van der Waals surface area contributed by atoms with Gasteiger partial charge in [-0.2, -0.15) is 0 Å². The third-order valence-electron chi connectivity index (χ3n) is 5.71. The second-order valence-electron chi connectivity index (χ2n) is 7.47. The molecule has 0 radical (unpaired) electrons. The van der Waals surface area contributed by atoms with Gasteiger partial charge in [0.1, 0.15) is 0 Å². The van der Waals surface area contributed by atoms with Gasteiger partial charge in [0.15, 0.2) is 0 Å². The van der Waals surface area contributed by atoms with Gasteiger partial charge < -0.3 is 4.57 Å². The predicted octanol–water partition coefficient (Wildman–Crippen LogP) is 5.35. The highest BCUT2D eigenvalue weighted by Gasteiger charge is 2.22. The number of hydrogen-bond acceptors (Lipinski definition) is 1. The lowest BCUT2D eigenvalue weighted by Gasteiger charge is -2.12. The highest BCUT2D eigenvalue weighted by atomic mass is 16.1. The van der Waals surface area contributed by atoms with Crippen molar-refractivity contribution >= 4 is 10.9 Å². The number of aromatic nitrogens is 3. The standard InChI is InChI=1S/C26H23N3O/c1-3-19-14-16-21(17-15-19)28-18-23-24(25(28)20-10-6-4-7-11-20)26(30)29(27(23)2)22-12-8-5-9-13-22/h4-18H,3H2,1-2H3. The number of aryl methyl sites for hydroxylation is 2. The molecule has 148 valence electrons. The SMILES string of the molecule is CCc1ccc(-n2cc3c(c2-c2ccccc2)c(=O)n(-c2ccccc2)n3C)cc1. The quantitative estimate of drug-likeness (QED) is 0.405. The molecular weight excluding hydrogens is 370 g/mol. The maximum atomic E-state index is 13.6. The molecule has 3 aromatic carbocycles. The summed E-state index contributed by atoms with van der Waals surface area (Å²) < 4.78 is 5.81. The summed E-state index contributed by atoms with van der Waals surface area (Å²) >= 11 is 0. The Morgan fingerprint density at radius 2 is 1.40 bits per heavy atom. The monoisotopic (exact) mass is 393 g/mol. The van der Waals surface area contributed by atoms with Gasteiger partial charge in [0.2, 0.25) is 0 Å². The number of para-hydroxylation sites is 1.